The van der Waals surface area contributed by atoms with Crippen molar-refractivity contribution in [2.24, 2.45) is 11.8 Å². The lowest BCUT2D eigenvalue weighted by Crippen LogP contribution is -2.58. The van der Waals surface area contributed by atoms with E-state index in [1.165, 1.54) is 4.90 Å². The summed E-state index contributed by atoms with van der Waals surface area (Å²) in [5, 5.41) is 12.4. The van der Waals surface area contributed by atoms with Gasteiger partial charge in [0.2, 0.25) is 17.7 Å². The van der Waals surface area contributed by atoms with Gasteiger partial charge >= 0.3 is 5.97 Å². The van der Waals surface area contributed by atoms with E-state index in [1.807, 2.05) is 17.1 Å². The molecule has 1 aliphatic carbocycles. The average Bonchev–Trinajstić information content (AvgIpc) is 3.55. The van der Waals surface area contributed by atoms with Gasteiger partial charge in [0.05, 0.1) is 18.6 Å². The first kappa shape index (κ1) is 26.9. The van der Waals surface area contributed by atoms with Gasteiger partial charge in [0.1, 0.15) is 23.7 Å². The Balaban J connectivity index is 1.54. The van der Waals surface area contributed by atoms with E-state index in [-0.39, 0.29) is 43.5 Å². The largest absolute Gasteiger partial charge is 0.460 e. The van der Waals surface area contributed by atoms with Crippen molar-refractivity contribution < 1.29 is 33.8 Å². The highest BCUT2D eigenvalue weighted by atomic mass is 16.6. The third-order valence-electron chi connectivity index (χ3n) is 8.65. The molecular formula is C28H39N3O7. The maximum atomic E-state index is 14.5. The standard InChI is InChI=1S/C28H39N3O7/c1-18-17-29-21(33)11-6-3-7-14-30(19-9-4-2-5-10-19)26(35)24-28-13-12-20(38-28)22(27(36)37-18)23(28)25(34)31(24)15-8-16-32/h3,7,12-13,18-20,22-24,32H,2,4-6,8-11,14-17H2,1H3,(H,29,33)/b7-3-/t18-,20+,22-,23-,24+,28-/m1/s1. The summed E-state index contributed by atoms with van der Waals surface area (Å²) in [7, 11) is 0. The Morgan fingerprint density at radius 2 is 1.89 bits per heavy atom. The number of esters is 1. The van der Waals surface area contributed by atoms with E-state index in [0.717, 1.165) is 32.1 Å². The molecule has 5 aliphatic rings. The molecule has 6 atom stereocenters. The molecule has 1 spiro atoms. The predicted molar refractivity (Wildman–Crippen MR) is 136 cm³/mol. The van der Waals surface area contributed by atoms with E-state index in [1.54, 1.807) is 19.1 Å². The number of likely N-dealkylation sites (tertiary alicyclic amines) is 1. The fourth-order valence-corrected chi connectivity index (χ4v) is 6.85. The minimum Gasteiger partial charge on any atom is -0.460 e. The molecule has 0 aromatic carbocycles. The number of nitrogens with one attached hydrogen (secondary N) is 1. The number of ether oxygens (including phenoxy) is 2. The number of allylic oxidation sites excluding steroid dienone is 1. The normalized spacial score (nSPS) is 37.4. The predicted octanol–water partition coefficient (Wildman–Crippen LogP) is 1.08. The van der Waals surface area contributed by atoms with Crippen LogP contribution in [0, 0.1) is 11.8 Å². The van der Waals surface area contributed by atoms with E-state index < -0.39 is 41.7 Å². The molecule has 3 amide bonds. The zero-order valence-corrected chi connectivity index (χ0v) is 22.0. The Morgan fingerprint density at radius 3 is 2.66 bits per heavy atom. The van der Waals surface area contributed by atoms with Crippen LogP contribution in [0.3, 0.4) is 0 Å². The minimum absolute atomic E-state index is 0.0423. The average molecular weight is 530 g/mol. The van der Waals surface area contributed by atoms with E-state index in [4.69, 9.17) is 9.47 Å². The molecule has 0 radical (unpaired) electrons. The van der Waals surface area contributed by atoms with Gasteiger partial charge in [0.15, 0.2) is 0 Å². The third-order valence-corrected chi connectivity index (χ3v) is 8.65. The molecule has 4 heterocycles. The highest BCUT2D eigenvalue weighted by molar-refractivity contribution is 5.99. The first-order chi connectivity index (χ1) is 18.4. The van der Waals surface area contributed by atoms with E-state index >= 15 is 0 Å². The van der Waals surface area contributed by atoms with Crippen molar-refractivity contribution >= 4 is 23.7 Å². The zero-order valence-electron chi connectivity index (χ0n) is 22.0. The molecule has 5 bridgehead atoms. The molecular weight excluding hydrogens is 490 g/mol. The summed E-state index contributed by atoms with van der Waals surface area (Å²) in [4.78, 5) is 57.4. The molecule has 5 rings (SSSR count). The SMILES string of the molecule is C[C@@H]1CNC(=O)CC/C=C\CN(C2CCCCC2)C(=O)[C@@H]2N(CCCO)C(=O)[C@H]3[C@H](C(=O)O1)[C@@H]1C=C[C@]23O1. The van der Waals surface area contributed by atoms with E-state index in [9.17, 15) is 24.3 Å². The maximum absolute atomic E-state index is 14.5. The lowest BCUT2D eigenvalue weighted by atomic mass is 9.74. The number of aliphatic hydroxyl groups excluding tert-OH is 1. The third kappa shape index (κ3) is 4.77. The Labute approximate surface area is 223 Å². The van der Waals surface area contributed by atoms with Gasteiger partial charge < -0.3 is 29.7 Å². The van der Waals surface area contributed by atoms with Crippen LogP contribution in [0.15, 0.2) is 24.3 Å². The van der Waals surface area contributed by atoms with Crippen molar-refractivity contribution in [3.05, 3.63) is 24.3 Å². The summed E-state index contributed by atoms with van der Waals surface area (Å²) in [6.45, 7) is 2.32. The Kier molecular flexibility index (Phi) is 7.90. The monoisotopic (exact) mass is 529 g/mol. The first-order valence-corrected chi connectivity index (χ1v) is 14.1. The summed E-state index contributed by atoms with van der Waals surface area (Å²) < 4.78 is 12.1. The van der Waals surface area contributed by atoms with Crippen molar-refractivity contribution in [1.82, 2.24) is 15.1 Å². The van der Waals surface area contributed by atoms with Crippen LogP contribution in [0.2, 0.25) is 0 Å². The lowest BCUT2D eigenvalue weighted by Gasteiger charge is -2.40. The van der Waals surface area contributed by atoms with Crippen LogP contribution in [0.4, 0.5) is 0 Å². The lowest BCUT2D eigenvalue weighted by molar-refractivity contribution is -0.158. The van der Waals surface area contributed by atoms with Crippen LogP contribution < -0.4 is 5.32 Å². The highest BCUT2D eigenvalue weighted by Crippen LogP contribution is 2.55. The van der Waals surface area contributed by atoms with Gasteiger partial charge in [-0.1, -0.05) is 43.6 Å². The topological polar surface area (TPSA) is 125 Å². The maximum Gasteiger partial charge on any atom is 0.313 e. The number of nitrogens with zero attached hydrogens (tertiary/aromatic N) is 2. The van der Waals surface area contributed by atoms with Crippen LogP contribution in [0.5, 0.6) is 0 Å². The summed E-state index contributed by atoms with van der Waals surface area (Å²) >= 11 is 0. The van der Waals surface area contributed by atoms with Gasteiger partial charge in [-0.05, 0) is 32.6 Å². The molecule has 1 saturated carbocycles. The van der Waals surface area contributed by atoms with Gasteiger partial charge in [0.25, 0.3) is 0 Å². The molecule has 2 saturated heterocycles. The van der Waals surface area contributed by atoms with Gasteiger partial charge in [-0.25, -0.2) is 0 Å². The van der Waals surface area contributed by atoms with E-state index in [0.29, 0.717) is 25.8 Å². The second-order valence-corrected chi connectivity index (χ2v) is 11.2. The second-order valence-electron chi connectivity index (χ2n) is 11.2. The molecule has 0 aromatic rings. The minimum atomic E-state index is -1.25. The number of amides is 3. The number of rotatable bonds is 4. The summed E-state index contributed by atoms with van der Waals surface area (Å²) in [6.07, 6.45) is 12.3. The smallest absolute Gasteiger partial charge is 0.313 e. The Bertz CT molecular complexity index is 1010. The zero-order chi connectivity index (χ0) is 26.9. The molecule has 10 nitrogen and oxygen atoms in total. The van der Waals surface area contributed by atoms with Crippen LogP contribution in [0.25, 0.3) is 0 Å². The molecule has 3 fully saturated rings. The van der Waals surface area contributed by atoms with Crippen LogP contribution in [-0.4, -0.2) is 94.7 Å². The first-order valence-electron chi connectivity index (χ1n) is 14.1. The fraction of sp³-hybridized carbons (Fsp3) is 0.714. The fourth-order valence-electron chi connectivity index (χ4n) is 6.85. The summed E-state index contributed by atoms with van der Waals surface area (Å²) in [5.41, 5.74) is -1.25. The summed E-state index contributed by atoms with van der Waals surface area (Å²) in [5.74, 6) is -2.96. The summed E-state index contributed by atoms with van der Waals surface area (Å²) in [6, 6.07) is -0.877. The number of carbonyl (C=O) groups excluding carboxylic acids is 4. The molecule has 0 unspecified atom stereocenters. The van der Waals surface area contributed by atoms with Crippen molar-refractivity contribution in [2.45, 2.75) is 88.2 Å². The molecule has 38 heavy (non-hydrogen) atoms. The van der Waals surface area contributed by atoms with Crippen LogP contribution in [0.1, 0.15) is 58.3 Å². The van der Waals surface area contributed by atoms with Crippen molar-refractivity contribution in [3.8, 4) is 0 Å². The Morgan fingerprint density at radius 1 is 1.11 bits per heavy atom. The molecule has 2 N–H and O–H groups in total. The van der Waals surface area contributed by atoms with Crippen molar-refractivity contribution in [2.75, 3.05) is 26.2 Å². The highest BCUT2D eigenvalue weighted by Gasteiger charge is 2.73. The number of hydrogen-bond acceptors (Lipinski definition) is 7. The molecule has 4 aliphatic heterocycles. The molecule has 10 heteroatoms. The van der Waals surface area contributed by atoms with Crippen molar-refractivity contribution in [1.29, 1.82) is 0 Å². The van der Waals surface area contributed by atoms with E-state index in [2.05, 4.69) is 5.32 Å². The number of hydrogen-bond donors (Lipinski definition) is 2. The van der Waals surface area contributed by atoms with Crippen LogP contribution >= 0.6 is 0 Å². The van der Waals surface area contributed by atoms with Gasteiger partial charge in [-0.3, -0.25) is 19.2 Å². The number of fused-ring (bicyclic) bond motifs is 2. The molecule has 0 aromatic heterocycles. The number of aliphatic hydroxyl groups is 1. The second kappa shape index (κ2) is 11.2. The molecule has 208 valence electrons. The quantitative estimate of drug-likeness (QED) is 0.412. The van der Waals surface area contributed by atoms with Crippen molar-refractivity contribution in [3.63, 3.8) is 0 Å². The Hall–Kier alpha value is -2.72. The van der Waals surface area contributed by atoms with Gasteiger partial charge in [-0.2, -0.15) is 0 Å². The van der Waals surface area contributed by atoms with Gasteiger partial charge in [-0.15, -0.1) is 0 Å². The number of carbonyl (C=O) groups is 4. The van der Waals surface area contributed by atoms with Crippen LogP contribution in [-0.2, 0) is 28.7 Å². The van der Waals surface area contributed by atoms with Gasteiger partial charge in [0, 0.05) is 32.2 Å². The number of cyclic esters (lactones) is 1.